The largest absolute Gasteiger partial charge is 0.481 e. The van der Waals surface area contributed by atoms with E-state index in [1.54, 1.807) is 12.2 Å². The standard InChI is InChI=1S/C16H16ClNO5/c1-23-16(22)12-7-6-9(17)8-13(12)18-14(19)10-4-2-3-5-11(10)15(20)21/h2-3,6-8,10-11H,4-5H2,1H3,(H,18,19)(H,20,21). The van der Waals surface area contributed by atoms with Gasteiger partial charge in [0, 0.05) is 5.02 Å². The SMILES string of the molecule is COC(=O)c1ccc(Cl)cc1NC(=O)C1CC=CCC1C(=O)O. The van der Waals surface area contributed by atoms with Crippen molar-refractivity contribution in [2.45, 2.75) is 12.8 Å². The minimum Gasteiger partial charge on any atom is -0.481 e. The van der Waals surface area contributed by atoms with Gasteiger partial charge in [0.05, 0.1) is 30.2 Å². The van der Waals surface area contributed by atoms with Gasteiger partial charge in [-0.15, -0.1) is 0 Å². The molecule has 6 nitrogen and oxygen atoms in total. The monoisotopic (exact) mass is 337 g/mol. The molecule has 0 aromatic heterocycles. The minimum atomic E-state index is -1.02. The number of rotatable bonds is 4. The molecule has 1 aromatic carbocycles. The Hall–Kier alpha value is -2.34. The van der Waals surface area contributed by atoms with Crippen LogP contribution in [0.2, 0.25) is 5.02 Å². The molecule has 2 rings (SSSR count). The molecule has 0 spiro atoms. The third kappa shape index (κ3) is 3.90. The van der Waals surface area contributed by atoms with E-state index in [4.69, 9.17) is 11.6 Å². The lowest BCUT2D eigenvalue weighted by molar-refractivity contribution is -0.146. The van der Waals surface area contributed by atoms with Crippen LogP contribution in [0.15, 0.2) is 30.4 Å². The highest BCUT2D eigenvalue weighted by Crippen LogP contribution is 2.29. The molecule has 1 aromatic rings. The number of carboxylic acid groups (broad SMARTS) is 1. The van der Waals surface area contributed by atoms with Crippen molar-refractivity contribution < 1.29 is 24.2 Å². The Balaban J connectivity index is 2.26. The lowest BCUT2D eigenvalue weighted by Crippen LogP contribution is -2.35. The zero-order valence-electron chi connectivity index (χ0n) is 12.4. The summed E-state index contributed by atoms with van der Waals surface area (Å²) in [6, 6.07) is 4.38. The second-order valence-corrected chi connectivity index (χ2v) is 5.60. The number of amides is 1. The first-order chi connectivity index (χ1) is 10.9. The number of allylic oxidation sites excluding steroid dienone is 2. The van der Waals surface area contributed by atoms with Gasteiger partial charge >= 0.3 is 11.9 Å². The number of anilines is 1. The summed E-state index contributed by atoms with van der Waals surface area (Å²) in [5.74, 6) is -3.60. The summed E-state index contributed by atoms with van der Waals surface area (Å²) in [6.45, 7) is 0. The zero-order valence-corrected chi connectivity index (χ0v) is 13.2. The van der Waals surface area contributed by atoms with Gasteiger partial charge in [-0.2, -0.15) is 0 Å². The number of esters is 1. The fourth-order valence-corrected chi connectivity index (χ4v) is 2.68. The van der Waals surface area contributed by atoms with Crippen LogP contribution in [0.4, 0.5) is 5.69 Å². The fourth-order valence-electron chi connectivity index (χ4n) is 2.51. The van der Waals surface area contributed by atoms with Crippen LogP contribution in [0.5, 0.6) is 0 Å². The van der Waals surface area contributed by atoms with Crippen LogP contribution in [0.3, 0.4) is 0 Å². The summed E-state index contributed by atoms with van der Waals surface area (Å²) in [5, 5.41) is 12.2. The molecule has 1 amide bonds. The van der Waals surface area contributed by atoms with Gasteiger partial charge in [0.1, 0.15) is 0 Å². The van der Waals surface area contributed by atoms with Crippen LogP contribution in [0, 0.1) is 11.8 Å². The van der Waals surface area contributed by atoms with Gasteiger partial charge in [-0.1, -0.05) is 23.8 Å². The van der Waals surface area contributed by atoms with Gasteiger partial charge in [0.15, 0.2) is 0 Å². The van der Waals surface area contributed by atoms with E-state index in [2.05, 4.69) is 10.1 Å². The van der Waals surface area contributed by atoms with Crippen LogP contribution >= 0.6 is 11.6 Å². The predicted octanol–water partition coefficient (Wildman–Crippen LogP) is 2.73. The lowest BCUT2D eigenvalue weighted by Gasteiger charge is -2.24. The summed E-state index contributed by atoms with van der Waals surface area (Å²) >= 11 is 5.90. The number of methoxy groups -OCH3 is 1. The summed E-state index contributed by atoms with van der Waals surface area (Å²) < 4.78 is 4.66. The Bertz CT molecular complexity index is 670. The second-order valence-electron chi connectivity index (χ2n) is 5.16. The number of hydrogen-bond acceptors (Lipinski definition) is 4. The molecule has 0 saturated heterocycles. The molecular weight excluding hydrogens is 322 g/mol. The van der Waals surface area contributed by atoms with E-state index in [0.29, 0.717) is 17.9 Å². The number of aliphatic carboxylic acids is 1. The van der Waals surface area contributed by atoms with Crippen molar-refractivity contribution in [2.75, 3.05) is 12.4 Å². The zero-order chi connectivity index (χ0) is 17.0. The quantitative estimate of drug-likeness (QED) is 0.651. The molecule has 0 bridgehead atoms. The number of carboxylic acids is 1. The molecule has 122 valence electrons. The van der Waals surface area contributed by atoms with Gasteiger partial charge < -0.3 is 15.2 Å². The van der Waals surface area contributed by atoms with Gasteiger partial charge in [0.25, 0.3) is 0 Å². The summed E-state index contributed by atoms with van der Waals surface area (Å²) in [6.07, 6.45) is 4.16. The average molecular weight is 338 g/mol. The number of ether oxygens (including phenoxy) is 1. The van der Waals surface area contributed by atoms with Gasteiger partial charge in [-0.3, -0.25) is 9.59 Å². The average Bonchev–Trinajstić information content (AvgIpc) is 2.54. The molecule has 0 saturated carbocycles. The van der Waals surface area contributed by atoms with E-state index in [1.165, 1.54) is 25.3 Å². The molecule has 2 N–H and O–H groups in total. The minimum absolute atomic E-state index is 0.156. The molecule has 0 aliphatic heterocycles. The molecule has 23 heavy (non-hydrogen) atoms. The predicted molar refractivity (Wildman–Crippen MR) is 84.4 cm³/mol. The highest BCUT2D eigenvalue weighted by atomic mass is 35.5. The first-order valence-electron chi connectivity index (χ1n) is 7.00. The van der Waals surface area contributed by atoms with E-state index in [-0.39, 0.29) is 11.3 Å². The van der Waals surface area contributed by atoms with Crippen LogP contribution in [-0.4, -0.2) is 30.1 Å². The maximum Gasteiger partial charge on any atom is 0.339 e. The summed E-state index contributed by atoms with van der Waals surface area (Å²) in [5.41, 5.74) is 0.358. The molecule has 7 heteroatoms. The topological polar surface area (TPSA) is 92.7 Å². The van der Waals surface area contributed by atoms with Crippen molar-refractivity contribution in [3.05, 3.63) is 40.9 Å². The van der Waals surface area contributed by atoms with Crippen molar-refractivity contribution in [1.29, 1.82) is 0 Å². The van der Waals surface area contributed by atoms with Crippen molar-refractivity contribution in [3.63, 3.8) is 0 Å². The molecule has 0 heterocycles. The molecule has 0 fully saturated rings. The smallest absolute Gasteiger partial charge is 0.339 e. The third-order valence-corrected chi connectivity index (χ3v) is 3.97. The normalized spacial score (nSPS) is 19.9. The van der Waals surface area contributed by atoms with Crippen molar-refractivity contribution in [2.24, 2.45) is 11.8 Å². The van der Waals surface area contributed by atoms with E-state index < -0.39 is 29.7 Å². The maximum atomic E-state index is 12.5. The number of carbonyl (C=O) groups is 3. The van der Waals surface area contributed by atoms with E-state index >= 15 is 0 Å². The van der Waals surface area contributed by atoms with Crippen LogP contribution in [0.1, 0.15) is 23.2 Å². The first kappa shape index (κ1) is 17.0. The van der Waals surface area contributed by atoms with Gasteiger partial charge in [-0.25, -0.2) is 4.79 Å². The van der Waals surface area contributed by atoms with Crippen molar-refractivity contribution in [1.82, 2.24) is 0 Å². The first-order valence-corrected chi connectivity index (χ1v) is 7.38. The van der Waals surface area contributed by atoms with Crippen LogP contribution < -0.4 is 5.32 Å². The highest BCUT2D eigenvalue weighted by molar-refractivity contribution is 6.31. The Labute approximate surface area is 138 Å². The number of benzene rings is 1. The number of carbonyl (C=O) groups excluding carboxylic acids is 2. The molecule has 1 aliphatic carbocycles. The summed E-state index contributed by atoms with van der Waals surface area (Å²) in [4.78, 5) is 35.5. The Morgan fingerprint density at radius 1 is 1.22 bits per heavy atom. The van der Waals surface area contributed by atoms with Gasteiger partial charge in [0.2, 0.25) is 5.91 Å². The van der Waals surface area contributed by atoms with E-state index in [1.807, 2.05) is 0 Å². The molecule has 2 unspecified atom stereocenters. The number of nitrogens with one attached hydrogen (secondary N) is 1. The Morgan fingerprint density at radius 3 is 2.48 bits per heavy atom. The van der Waals surface area contributed by atoms with Crippen molar-refractivity contribution in [3.8, 4) is 0 Å². The Kier molecular flexibility index (Phi) is 5.39. The fraction of sp³-hybridized carbons (Fsp3) is 0.312. The molecule has 1 aliphatic rings. The highest BCUT2D eigenvalue weighted by Gasteiger charge is 2.34. The van der Waals surface area contributed by atoms with Crippen LogP contribution in [0.25, 0.3) is 0 Å². The second kappa shape index (κ2) is 7.28. The lowest BCUT2D eigenvalue weighted by atomic mass is 9.82. The Morgan fingerprint density at radius 2 is 1.87 bits per heavy atom. The molecular formula is C16H16ClNO5. The molecule has 0 radical (unpaired) electrons. The van der Waals surface area contributed by atoms with E-state index in [0.717, 1.165) is 0 Å². The molecule has 2 atom stereocenters. The number of halogens is 1. The van der Waals surface area contributed by atoms with Crippen molar-refractivity contribution >= 4 is 35.1 Å². The van der Waals surface area contributed by atoms with Gasteiger partial charge in [-0.05, 0) is 31.0 Å². The van der Waals surface area contributed by atoms with E-state index in [9.17, 15) is 19.5 Å². The third-order valence-electron chi connectivity index (χ3n) is 3.73. The maximum absolute atomic E-state index is 12.5. The number of hydrogen-bond donors (Lipinski definition) is 2. The summed E-state index contributed by atoms with van der Waals surface area (Å²) in [7, 11) is 1.23. The van der Waals surface area contributed by atoms with Crippen LogP contribution in [-0.2, 0) is 14.3 Å².